The topological polar surface area (TPSA) is 113 Å². The van der Waals surface area contributed by atoms with E-state index in [-0.39, 0.29) is 12.6 Å². The van der Waals surface area contributed by atoms with Crippen molar-refractivity contribution in [1.29, 1.82) is 0 Å². The molecule has 5 atom stereocenters. The lowest BCUT2D eigenvalue weighted by molar-refractivity contribution is -0.0511. The van der Waals surface area contributed by atoms with E-state index in [0.29, 0.717) is 11.2 Å². The molecule has 8 nitrogen and oxygen atoms in total. The minimum Gasteiger partial charge on any atom is -0.394 e. The normalized spacial score (nSPS) is 25.9. The Bertz CT molecular complexity index is 932. The molecule has 0 spiro atoms. The standard InChI is InChI=1S/C20H24N4O4/c1-12(9-13-5-3-2-4-6-13)23-14-7-8-21-19-16(14)22-11-24(19)20-18(27)17(26)15(10-25)28-20/h2-8,11-12,15,17-18,20,25-27H,9-10H2,1H3,(H,21,23)/t12?,15-,17-,18-,20-/m1/s1. The van der Waals surface area contributed by atoms with Gasteiger partial charge in [0.15, 0.2) is 11.9 Å². The maximum absolute atomic E-state index is 10.3. The summed E-state index contributed by atoms with van der Waals surface area (Å²) >= 11 is 0. The van der Waals surface area contributed by atoms with Crippen LogP contribution in [0.4, 0.5) is 5.69 Å². The molecular formula is C20H24N4O4. The number of benzene rings is 1. The number of aromatic nitrogens is 3. The van der Waals surface area contributed by atoms with Crippen LogP contribution in [0, 0.1) is 0 Å². The Balaban J connectivity index is 1.57. The van der Waals surface area contributed by atoms with E-state index in [9.17, 15) is 15.3 Å². The van der Waals surface area contributed by atoms with E-state index in [1.807, 2.05) is 24.3 Å². The third-order valence-corrected chi connectivity index (χ3v) is 5.04. The van der Waals surface area contributed by atoms with Gasteiger partial charge in [0.1, 0.15) is 23.8 Å². The first-order valence-electron chi connectivity index (χ1n) is 9.33. The summed E-state index contributed by atoms with van der Waals surface area (Å²) in [5, 5.41) is 33.1. The smallest absolute Gasteiger partial charge is 0.165 e. The highest BCUT2D eigenvalue weighted by atomic mass is 16.6. The van der Waals surface area contributed by atoms with Gasteiger partial charge < -0.3 is 25.4 Å². The van der Waals surface area contributed by atoms with Gasteiger partial charge in [0.2, 0.25) is 0 Å². The van der Waals surface area contributed by atoms with Gasteiger partial charge in [-0.15, -0.1) is 0 Å². The average Bonchev–Trinajstić information content (AvgIpc) is 3.25. The Labute approximate surface area is 162 Å². The van der Waals surface area contributed by atoms with E-state index in [1.165, 1.54) is 11.9 Å². The summed E-state index contributed by atoms with van der Waals surface area (Å²) in [6.45, 7) is 1.72. The number of ether oxygens (including phenoxy) is 1. The van der Waals surface area contributed by atoms with Gasteiger partial charge in [-0.25, -0.2) is 9.97 Å². The lowest BCUT2D eigenvalue weighted by Gasteiger charge is -2.18. The van der Waals surface area contributed by atoms with E-state index >= 15 is 0 Å². The Hall–Kier alpha value is -2.52. The molecular weight excluding hydrogens is 360 g/mol. The van der Waals surface area contributed by atoms with Crippen LogP contribution in [0.3, 0.4) is 0 Å². The minimum atomic E-state index is -1.18. The van der Waals surface area contributed by atoms with E-state index in [2.05, 4.69) is 34.3 Å². The fraction of sp³-hybridized carbons (Fsp3) is 0.400. The Morgan fingerprint density at radius 1 is 1.14 bits per heavy atom. The first kappa shape index (κ1) is 18.8. The number of nitrogens with zero attached hydrogens (tertiary/aromatic N) is 3. The molecule has 3 aromatic rings. The van der Waals surface area contributed by atoms with Crippen molar-refractivity contribution in [3.63, 3.8) is 0 Å². The van der Waals surface area contributed by atoms with Crippen LogP contribution in [-0.4, -0.2) is 60.8 Å². The molecule has 0 amide bonds. The minimum absolute atomic E-state index is 0.173. The van der Waals surface area contributed by atoms with Crippen molar-refractivity contribution in [3.05, 3.63) is 54.5 Å². The number of aliphatic hydroxyl groups excluding tert-OH is 3. The molecule has 1 aromatic carbocycles. The summed E-state index contributed by atoms with van der Waals surface area (Å²) in [7, 11) is 0. The van der Waals surface area contributed by atoms with Crippen molar-refractivity contribution in [1.82, 2.24) is 14.5 Å². The summed E-state index contributed by atoms with van der Waals surface area (Å²) in [5.74, 6) is 0. The third kappa shape index (κ3) is 3.47. The Kier molecular flexibility index (Phi) is 5.27. The highest BCUT2D eigenvalue weighted by molar-refractivity contribution is 5.85. The first-order valence-corrected chi connectivity index (χ1v) is 9.33. The van der Waals surface area contributed by atoms with E-state index in [4.69, 9.17) is 4.74 Å². The Morgan fingerprint density at radius 3 is 2.64 bits per heavy atom. The van der Waals surface area contributed by atoms with E-state index < -0.39 is 24.5 Å². The summed E-state index contributed by atoms with van der Waals surface area (Å²) < 4.78 is 7.19. The maximum atomic E-state index is 10.3. The first-order chi connectivity index (χ1) is 13.6. The van der Waals surface area contributed by atoms with Crippen LogP contribution in [0.1, 0.15) is 18.7 Å². The molecule has 1 unspecified atom stereocenters. The second-order valence-corrected chi connectivity index (χ2v) is 7.15. The van der Waals surface area contributed by atoms with Crippen molar-refractivity contribution in [3.8, 4) is 0 Å². The highest BCUT2D eigenvalue weighted by Gasteiger charge is 2.43. The summed E-state index contributed by atoms with van der Waals surface area (Å²) in [6.07, 6.45) is 0.0147. The van der Waals surface area contributed by atoms with Gasteiger partial charge in [-0.05, 0) is 25.0 Å². The molecule has 1 aliphatic rings. The predicted octanol–water partition coefficient (Wildman–Crippen LogP) is 1.09. The van der Waals surface area contributed by atoms with Gasteiger partial charge in [0, 0.05) is 12.2 Å². The van der Waals surface area contributed by atoms with Crippen LogP contribution in [0.2, 0.25) is 0 Å². The van der Waals surface area contributed by atoms with Gasteiger partial charge in [0.25, 0.3) is 0 Å². The molecule has 148 valence electrons. The number of imidazole rings is 1. The van der Waals surface area contributed by atoms with Gasteiger partial charge >= 0.3 is 0 Å². The van der Waals surface area contributed by atoms with Crippen LogP contribution < -0.4 is 5.32 Å². The van der Waals surface area contributed by atoms with E-state index in [0.717, 1.165) is 12.1 Å². The third-order valence-electron chi connectivity index (χ3n) is 5.04. The predicted molar refractivity (Wildman–Crippen MR) is 104 cm³/mol. The van der Waals surface area contributed by atoms with Gasteiger partial charge in [0.05, 0.1) is 18.6 Å². The number of hydrogen-bond donors (Lipinski definition) is 4. The van der Waals surface area contributed by atoms with Crippen LogP contribution in [0.15, 0.2) is 48.9 Å². The largest absolute Gasteiger partial charge is 0.394 e. The molecule has 8 heteroatoms. The number of aliphatic hydroxyl groups is 3. The number of rotatable bonds is 6. The van der Waals surface area contributed by atoms with Gasteiger partial charge in [-0.2, -0.15) is 0 Å². The number of nitrogens with one attached hydrogen (secondary N) is 1. The zero-order chi connectivity index (χ0) is 19.7. The molecule has 0 aliphatic carbocycles. The molecule has 1 fully saturated rings. The summed E-state index contributed by atoms with van der Waals surface area (Å²) in [6, 6.07) is 12.3. The molecule has 1 saturated heterocycles. The van der Waals surface area contributed by atoms with Gasteiger partial charge in [-0.3, -0.25) is 4.57 Å². The molecule has 0 saturated carbocycles. The number of fused-ring (bicyclic) bond motifs is 1. The average molecular weight is 384 g/mol. The second-order valence-electron chi connectivity index (χ2n) is 7.15. The molecule has 1 aliphatic heterocycles. The molecule has 4 N–H and O–H groups in total. The van der Waals surface area contributed by atoms with Crippen LogP contribution >= 0.6 is 0 Å². The van der Waals surface area contributed by atoms with Crippen LogP contribution in [0.5, 0.6) is 0 Å². The van der Waals surface area contributed by atoms with Crippen molar-refractivity contribution < 1.29 is 20.1 Å². The highest BCUT2D eigenvalue weighted by Crippen LogP contribution is 2.32. The molecule has 0 bridgehead atoms. The van der Waals surface area contributed by atoms with Crippen LogP contribution in [-0.2, 0) is 11.2 Å². The second kappa shape index (κ2) is 7.84. The molecule has 4 rings (SSSR count). The summed E-state index contributed by atoms with van der Waals surface area (Å²) in [4.78, 5) is 8.81. The van der Waals surface area contributed by atoms with Gasteiger partial charge in [-0.1, -0.05) is 30.3 Å². The SMILES string of the molecule is CC(Cc1ccccc1)Nc1ccnc2c1ncn2[C@@H]1O[C@H](CO)[C@@H](O)[C@H]1O. The number of hydrogen-bond acceptors (Lipinski definition) is 7. The maximum Gasteiger partial charge on any atom is 0.165 e. The fourth-order valence-electron chi connectivity index (χ4n) is 3.63. The summed E-state index contributed by atoms with van der Waals surface area (Å²) in [5.41, 5.74) is 3.26. The van der Waals surface area contributed by atoms with Crippen LogP contribution in [0.25, 0.3) is 11.2 Å². The number of anilines is 1. The fourth-order valence-corrected chi connectivity index (χ4v) is 3.63. The molecule has 28 heavy (non-hydrogen) atoms. The van der Waals surface area contributed by atoms with Crippen molar-refractivity contribution in [2.75, 3.05) is 11.9 Å². The molecule has 0 radical (unpaired) electrons. The Morgan fingerprint density at radius 2 is 1.93 bits per heavy atom. The van der Waals surface area contributed by atoms with Crippen molar-refractivity contribution >= 4 is 16.9 Å². The lowest BCUT2D eigenvalue weighted by atomic mass is 10.1. The lowest BCUT2D eigenvalue weighted by Crippen LogP contribution is -2.33. The molecule has 2 aromatic heterocycles. The quantitative estimate of drug-likeness (QED) is 0.503. The molecule has 3 heterocycles. The number of pyridine rings is 1. The van der Waals surface area contributed by atoms with E-state index in [1.54, 1.807) is 10.8 Å². The van der Waals surface area contributed by atoms with Crippen molar-refractivity contribution in [2.24, 2.45) is 0 Å². The monoisotopic (exact) mass is 384 g/mol. The zero-order valence-electron chi connectivity index (χ0n) is 15.5. The zero-order valence-corrected chi connectivity index (χ0v) is 15.5. The van der Waals surface area contributed by atoms with Crippen molar-refractivity contribution in [2.45, 2.75) is 43.9 Å².